The van der Waals surface area contributed by atoms with Crippen LogP contribution in [0.4, 0.5) is 0 Å². The molecule has 1 rings (SSSR count). The quantitative estimate of drug-likeness (QED) is 0.366. The number of nitrogens with zero attached hydrogens (tertiary/aromatic N) is 1. The molecule has 3 heteroatoms. The number of oxime groups is 1. The van der Waals surface area contributed by atoms with Gasteiger partial charge < -0.3 is 9.62 Å². The van der Waals surface area contributed by atoms with Crippen molar-refractivity contribution in [3.63, 3.8) is 0 Å². The van der Waals surface area contributed by atoms with E-state index in [1.165, 1.54) is 0 Å². The van der Waals surface area contributed by atoms with Gasteiger partial charge in [0.2, 0.25) is 0 Å². The fourth-order valence-corrected chi connectivity index (χ4v) is 0.678. The summed E-state index contributed by atoms with van der Waals surface area (Å²) in [6, 6.07) is 3.59. The van der Waals surface area contributed by atoms with Gasteiger partial charge in [0, 0.05) is 0 Å². The highest BCUT2D eigenvalue weighted by Gasteiger charge is 2.00. The van der Waals surface area contributed by atoms with Crippen molar-refractivity contribution in [3.05, 3.63) is 23.7 Å². The van der Waals surface area contributed by atoms with Gasteiger partial charge in [-0.1, -0.05) is 5.16 Å². The number of aryl methyl sites for hydroxylation is 1. The minimum Gasteiger partial charge on any atom is -0.460 e. The Labute approximate surface area is 59.0 Å². The molecule has 3 nitrogen and oxygen atoms in total. The van der Waals surface area contributed by atoms with Crippen LogP contribution in [-0.2, 0) is 0 Å². The molecule has 1 aromatic rings. The molecule has 0 saturated heterocycles. The fraction of sp³-hybridized carbons (Fsp3) is 0.286. The van der Waals surface area contributed by atoms with Crippen molar-refractivity contribution in [1.29, 1.82) is 0 Å². The molecular weight excluding hydrogens is 130 g/mol. The third-order valence-corrected chi connectivity index (χ3v) is 1.25. The summed E-state index contributed by atoms with van der Waals surface area (Å²) in [4.78, 5) is 0. The van der Waals surface area contributed by atoms with E-state index in [9.17, 15) is 0 Å². The number of rotatable bonds is 1. The summed E-state index contributed by atoms with van der Waals surface area (Å²) < 4.78 is 5.15. The normalized spacial score (nSPS) is 12.0. The molecule has 0 aliphatic heterocycles. The minimum atomic E-state index is 0.494. The Morgan fingerprint density at radius 1 is 1.60 bits per heavy atom. The van der Waals surface area contributed by atoms with Gasteiger partial charge in [-0.25, -0.2) is 0 Å². The lowest BCUT2D eigenvalue weighted by Crippen LogP contribution is -1.89. The Kier molecular flexibility index (Phi) is 1.76. The maximum atomic E-state index is 8.33. The molecule has 10 heavy (non-hydrogen) atoms. The molecule has 0 spiro atoms. The van der Waals surface area contributed by atoms with Crippen LogP contribution >= 0.6 is 0 Å². The second-order valence-corrected chi connectivity index (χ2v) is 2.10. The summed E-state index contributed by atoms with van der Waals surface area (Å²) in [5.74, 6) is 1.43. The number of hydrogen-bond acceptors (Lipinski definition) is 3. The van der Waals surface area contributed by atoms with Crippen LogP contribution < -0.4 is 0 Å². The standard InChI is InChI=1S/C7H9NO2/c1-5-3-4-7(10-5)6(2)8-9/h3-4,9H,1-2H3/b8-6-. The van der Waals surface area contributed by atoms with Crippen LogP contribution in [-0.4, -0.2) is 10.9 Å². The minimum absolute atomic E-state index is 0.494. The van der Waals surface area contributed by atoms with Crippen molar-refractivity contribution < 1.29 is 9.62 Å². The molecule has 0 fully saturated rings. The van der Waals surface area contributed by atoms with Crippen LogP contribution in [0, 0.1) is 6.92 Å². The third-order valence-electron chi connectivity index (χ3n) is 1.25. The smallest absolute Gasteiger partial charge is 0.151 e. The van der Waals surface area contributed by atoms with Gasteiger partial charge in [0.25, 0.3) is 0 Å². The first-order chi connectivity index (χ1) is 4.74. The van der Waals surface area contributed by atoms with E-state index < -0.39 is 0 Å². The first kappa shape index (κ1) is 6.86. The van der Waals surface area contributed by atoms with Crippen molar-refractivity contribution >= 4 is 5.71 Å². The maximum Gasteiger partial charge on any atom is 0.151 e. The Morgan fingerprint density at radius 2 is 2.30 bits per heavy atom. The average Bonchev–Trinajstić information content (AvgIpc) is 2.34. The lowest BCUT2D eigenvalue weighted by molar-refractivity contribution is 0.317. The monoisotopic (exact) mass is 139 g/mol. The van der Waals surface area contributed by atoms with Crippen LogP contribution in [0.5, 0.6) is 0 Å². The summed E-state index contributed by atoms with van der Waals surface area (Å²) in [7, 11) is 0. The molecule has 1 aromatic heterocycles. The van der Waals surface area contributed by atoms with Gasteiger partial charge in [0.1, 0.15) is 11.5 Å². The Morgan fingerprint density at radius 3 is 2.70 bits per heavy atom. The van der Waals surface area contributed by atoms with Crippen LogP contribution in [0.25, 0.3) is 0 Å². The highest BCUT2D eigenvalue weighted by Crippen LogP contribution is 2.06. The van der Waals surface area contributed by atoms with Gasteiger partial charge in [-0.15, -0.1) is 0 Å². The van der Waals surface area contributed by atoms with Crippen LogP contribution in [0.2, 0.25) is 0 Å². The van der Waals surface area contributed by atoms with E-state index in [2.05, 4.69) is 5.16 Å². The van der Waals surface area contributed by atoms with Crippen LogP contribution in [0.3, 0.4) is 0 Å². The molecule has 0 unspecified atom stereocenters. The van der Waals surface area contributed by atoms with Gasteiger partial charge >= 0.3 is 0 Å². The molecule has 1 heterocycles. The lowest BCUT2D eigenvalue weighted by Gasteiger charge is -1.88. The average molecular weight is 139 g/mol. The highest BCUT2D eigenvalue weighted by atomic mass is 16.4. The van der Waals surface area contributed by atoms with Crippen molar-refractivity contribution in [2.75, 3.05) is 0 Å². The van der Waals surface area contributed by atoms with Crippen LogP contribution in [0.1, 0.15) is 18.4 Å². The molecule has 0 radical (unpaired) electrons. The van der Waals surface area contributed by atoms with E-state index in [4.69, 9.17) is 9.62 Å². The summed E-state index contributed by atoms with van der Waals surface area (Å²) in [6.07, 6.45) is 0. The summed E-state index contributed by atoms with van der Waals surface area (Å²) in [5, 5.41) is 11.3. The summed E-state index contributed by atoms with van der Waals surface area (Å²) >= 11 is 0. The summed E-state index contributed by atoms with van der Waals surface area (Å²) in [6.45, 7) is 3.52. The topological polar surface area (TPSA) is 45.7 Å². The molecule has 0 aromatic carbocycles. The predicted octanol–water partition coefficient (Wildman–Crippen LogP) is 1.79. The van der Waals surface area contributed by atoms with Gasteiger partial charge in [-0.05, 0) is 26.0 Å². The highest BCUT2D eigenvalue weighted by molar-refractivity contribution is 5.95. The fourth-order valence-electron chi connectivity index (χ4n) is 0.678. The molecule has 0 aliphatic rings. The molecule has 0 aliphatic carbocycles. The lowest BCUT2D eigenvalue weighted by atomic mass is 10.3. The molecule has 0 bridgehead atoms. The second-order valence-electron chi connectivity index (χ2n) is 2.10. The van der Waals surface area contributed by atoms with Gasteiger partial charge in [0.15, 0.2) is 5.76 Å². The van der Waals surface area contributed by atoms with E-state index in [-0.39, 0.29) is 0 Å². The number of hydrogen-bond donors (Lipinski definition) is 1. The summed E-state index contributed by atoms with van der Waals surface area (Å²) in [5.41, 5.74) is 0.494. The molecule has 0 atom stereocenters. The van der Waals surface area contributed by atoms with Gasteiger partial charge in [0.05, 0.1) is 0 Å². The van der Waals surface area contributed by atoms with Gasteiger partial charge in [-0.3, -0.25) is 0 Å². The van der Waals surface area contributed by atoms with E-state index in [0.717, 1.165) is 5.76 Å². The molecule has 0 saturated carbocycles. The van der Waals surface area contributed by atoms with E-state index in [1.54, 1.807) is 13.0 Å². The molecule has 0 amide bonds. The van der Waals surface area contributed by atoms with Crippen molar-refractivity contribution in [1.82, 2.24) is 0 Å². The van der Waals surface area contributed by atoms with Crippen LogP contribution in [0.15, 0.2) is 21.7 Å². The zero-order valence-corrected chi connectivity index (χ0v) is 5.96. The second kappa shape index (κ2) is 2.56. The van der Waals surface area contributed by atoms with Gasteiger partial charge in [-0.2, -0.15) is 0 Å². The first-order valence-electron chi connectivity index (χ1n) is 2.99. The maximum absolute atomic E-state index is 8.33. The van der Waals surface area contributed by atoms with Crippen molar-refractivity contribution in [2.45, 2.75) is 13.8 Å². The van der Waals surface area contributed by atoms with E-state index in [0.29, 0.717) is 11.5 Å². The van der Waals surface area contributed by atoms with Crippen molar-refractivity contribution in [2.24, 2.45) is 5.16 Å². The first-order valence-corrected chi connectivity index (χ1v) is 2.99. The molecular formula is C7H9NO2. The zero-order valence-electron chi connectivity index (χ0n) is 5.96. The molecule has 54 valence electrons. The largest absolute Gasteiger partial charge is 0.460 e. The van der Waals surface area contributed by atoms with E-state index in [1.807, 2.05) is 13.0 Å². The van der Waals surface area contributed by atoms with Crippen molar-refractivity contribution in [3.8, 4) is 0 Å². The van der Waals surface area contributed by atoms with E-state index >= 15 is 0 Å². The third kappa shape index (κ3) is 1.18. The Balaban J connectivity index is 2.95. The zero-order chi connectivity index (χ0) is 7.56. The predicted molar refractivity (Wildman–Crippen MR) is 37.4 cm³/mol. The Hall–Kier alpha value is -1.25. The number of furan rings is 1. The SMILES string of the molecule is C/C(=N/O)c1ccc(C)o1. The molecule has 1 N–H and O–H groups in total. The Bertz CT molecular complexity index is 250.